The third-order valence-electron chi connectivity index (χ3n) is 9.62. The molecule has 260 valence electrons. The summed E-state index contributed by atoms with van der Waals surface area (Å²) in [5.41, 5.74) is 2.02. The van der Waals surface area contributed by atoms with Crippen LogP contribution in [0.3, 0.4) is 0 Å². The molecule has 1 heterocycles. The molecule has 8 nitrogen and oxygen atoms in total. The van der Waals surface area contributed by atoms with Crippen LogP contribution >= 0.6 is 0 Å². The Morgan fingerprint density at radius 2 is 1.40 bits per heavy atom. The van der Waals surface area contributed by atoms with E-state index in [0.717, 1.165) is 36.2 Å². The zero-order chi connectivity index (χ0) is 35.3. The number of piperazine rings is 1. The highest BCUT2D eigenvalue weighted by atomic mass is 19.4. The second-order valence-electron chi connectivity index (χ2n) is 12.7. The molecule has 2 amide bonds. The van der Waals surface area contributed by atoms with Gasteiger partial charge in [-0.2, -0.15) is 13.2 Å². The van der Waals surface area contributed by atoms with Gasteiger partial charge in [0.05, 0.1) is 12.7 Å². The number of methoxy groups -OCH3 is 1. The van der Waals surface area contributed by atoms with Crippen molar-refractivity contribution in [3.8, 4) is 11.1 Å². The summed E-state index contributed by atoms with van der Waals surface area (Å²) in [7, 11) is 1.36. The van der Waals surface area contributed by atoms with E-state index in [9.17, 15) is 27.6 Å². The average molecular weight is 685 g/mol. The Kier molecular flexibility index (Phi) is 10.2. The number of halogens is 3. The highest BCUT2D eigenvalue weighted by Crippen LogP contribution is 2.34. The highest BCUT2D eigenvalue weighted by Gasteiger charge is 2.45. The number of hydrogen-bond acceptors (Lipinski definition) is 6. The Hall–Kier alpha value is -5.16. The molecule has 2 aliphatic rings. The van der Waals surface area contributed by atoms with Crippen molar-refractivity contribution in [2.45, 2.75) is 43.4 Å². The number of carbonyl (C=O) groups is 3. The first-order valence-corrected chi connectivity index (χ1v) is 16.7. The lowest BCUT2D eigenvalue weighted by molar-refractivity contribution is -0.151. The lowest BCUT2D eigenvalue weighted by atomic mass is 9.95. The van der Waals surface area contributed by atoms with Gasteiger partial charge in [0.1, 0.15) is 11.6 Å². The minimum Gasteiger partial charge on any atom is -0.467 e. The van der Waals surface area contributed by atoms with E-state index in [1.54, 1.807) is 24.3 Å². The third kappa shape index (κ3) is 7.52. The molecule has 4 aromatic carbocycles. The summed E-state index contributed by atoms with van der Waals surface area (Å²) in [6.07, 6.45) is -1.63. The maximum absolute atomic E-state index is 13.9. The Labute approximate surface area is 289 Å². The smallest absolute Gasteiger partial charge is 0.416 e. The number of anilines is 2. The van der Waals surface area contributed by atoms with Crippen LogP contribution in [-0.4, -0.2) is 61.5 Å². The van der Waals surface area contributed by atoms with Gasteiger partial charge in [-0.3, -0.25) is 14.5 Å². The molecular weight excluding hydrogens is 645 g/mol. The van der Waals surface area contributed by atoms with Crippen LogP contribution in [0.1, 0.15) is 53.2 Å². The van der Waals surface area contributed by atoms with Gasteiger partial charge in [0.25, 0.3) is 5.91 Å². The summed E-state index contributed by atoms with van der Waals surface area (Å²) in [5, 5.41) is 6.00. The third-order valence-corrected chi connectivity index (χ3v) is 9.62. The van der Waals surface area contributed by atoms with Crippen LogP contribution in [0.15, 0.2) is 103 Å². The van der Waals surface area contributed by atoms with E-state index >= 15 is 0 Å². The molecular formula is C39H39F3N4O4. The number of ether oxygens (including phenoxy) is 1. The molecule has 1 saturated carbocycles. The van der Waals surface area contributed by atoms with Gasteiger partial charge in [-0.1, -0.05) is 73.5 Å². The molecule has 11 heteroatoms. The van der Waals surface area contributed by atoms with E-state index in [4.69, 9.17) is 4.74 Å². The number of amides is 2. The highest BCUT2D eigenvalue weighted by molar-refractivity contribution is 6.08. The number of alkyl halides is 3. The predicted octanol–water partition coefficient (Wildman–Crippen LogP) is 7.09. The van der Waals surface area contributed by atoms with Crippen LogP contribution in [0.25, 0.3) is 11.1 Å². The molecule has 1 saturated heterocycles. The van der Waals surface area contributed by atoms with Crippen molar-refractivity contribution in [3.05, 3.63) is 120 Å². The van der Waals surface area contributed by atoms with Crippen molar-refractivity contribution in [3.63, 3.8) is 0 Å². The summed E-state index contributed by atoms with van der Waals surface area (Å²) in [6, 6.07) is 28.1. The first kappa shape index (κ1) is 34.7. The largest absolute Gasteiger partial charge is 0.467 e. The summed E-state index contributed by atoms with van der Waals surface area (Å²) >= 11 is 0. The van der Waals surface area contributed by atoms with Crippen molar-refractivity contribution in [1.82, 2.24) is 10.2 Å². The molecule has 2 fully saturated rings. The molecule has 0 radical (unpaired) electrons. The van der Waals surface area contributed by atoms with E-state index in [0.29, 0.717) is 61.4 Å². The minimum atomic E-state index is -4.44. The molecule has 6 rings (SSSR count). The zero-order valence-electron chi connectivity index (χ0n) is 27.7. The van der Waals surface area contributed by atoms with Crippen LogP contribution in [0.4, 0.5) is 24.5 Å². The van der Waals surface area contributed by atoms with E-state index in [1.807, 2.05) is 54.6 Å². The van der Waals surface area contributed by atoms with Crippen molar-refractivity contribution >= 4 is 29.2 Å². The number of rotatable bonds is 9. The van der Waals surface area contributed by atoms with Gasteiger partial charge in [-0.25, -0.2) is 4.79 Å². The molecule has 1 unspecified atom stereocenters. The van der Waals surface area contributed by atoms with Crippen LogP contribution in [0, 0.1) is 0 Å². The predicted molar refractivity (Wildman–Crippen MR) is 186 cm³/mol. The fraction of sp³-hybridized carbons (Fsp3) is 0.308. The molecule has 1 atom stereocenters. The molecule has 0 spiro atoms. The van der Waals surface area contributed by atoms with Gasteiger partial charge in [0.2, 0.25) is 5.91 Å². The standard InChI is InChI=1S/C39H39F3N4O4/c1-50-37(49)38(21-7-8-22-38)44-36(48)34(28-9-3-2-4-10-28)46-25-23-45(24-26-46)31-19-17-30(18-20-31)43-35(47)33-12-6-5-11-32(33)27-13-15-29(16-14-27)39(40,41)42/h2-6,9-20,34H,7-8,21-26H2,1H3,(H,43,47)(H,44,48). The quantitative estimate of drug-likeness (QED) is 0.183. The number of esters is 1. The number of carbonyl (C=O) groups excluding carboxylic acids is 3. The second-order valence-corrected chi connectivity index (χ2v) is 12.7. The van der Waals surface area contributed by atoms with E-state index in [-0.39, 0.29) is 11.8 Å². The summed E-state index contributed by atoms with van der Waals surface area (Å²) in [6.45, 7) is 2.53. The van der Waals surface area contributed by atoms with E-state index in [2.05, 4.69) is 20.4 Å². The monoisotopic (exact) mass is 684 g/mol. The first-order valence-electron chi connectivity index (χ1n) is 16.7. The van der Waals surface area contributed by atoms with Gasteiger partial charge >= 0.3 is 12.1 Å². The summed E-state index contributed by atoms with van der Waals surface area (Å²) < 4.78 is 44.3. The van der Waals surface area contributed by atoms with Gasteiger partial charge in [0.15, 0.2) is 0 Å². The molecule has 0 aromatic heterocycles. The molecule has 2 N–H and O–H groups in total. The number of benzene rings is 4. The van der Waals surface area contributed by atoms with Crippen molar-refractivity contribution < 1.29 is 32.3 Å². The SMILES string of the molecule is COC(=O)C1(NC(=O)C(c2ccccc2)N2CCN(c3ccc(NC(=O)c4ccccc4-c4ccc(C(F)(F)F)cc4)cc3)CC2)CCCC1. The summed E-state index contributed by atoms with van der Waals surface area (Å²) in [4.78, 5) is 44.3. The van der Waals surface area contributed by atoms with Gasteiger partial charge in [-0.15, -0.1) is 0 Å². The molecule has 4 aromatic rings. The molecule has 50 heavy (non-hydrogen) atoms. The first-order chi connectivity index (χ1) is 24.1. The van der Waals surface area contributed by atoms with Gasteiger partial charge in [-0.05, 0) is 72.0 Å². The molecule has 1 aliphatic heterocycles. The van der Waals surface area contributed by atoms with Gasteiger partial charge in [0, 0.05) is 43.1 Å². The van der Waals surface area contributed by atoms with Gasteiger partial charge < -0.3 is 20.3 Å². The maximum Gasteiger partial charge on any atom is 0.416 e. The number of nitrogens with zero attached hydrogens (tertiary/aromatic N) is 2. The Balaban J connectivity index is 1.11. The van der Waals surface area contributed by atoms with Crippen molar-refractivity contribution in [2.24, 2.45) is 0 Å². The lowest BCUT2D eigenvalue weighted by Gasteiger charge is -2.40. The Morgan fingerprint density at radius 1 is 0.780 bits per heavy atom. The Morgan fingerprint density at radius 3 is 2.02 bits per heavy atom. The topological polar surface area (TPSA) is 91.0 Å². The number of nitrogens with one attached hydrogen (secondary N) is 2. The normalized spacial score (nSPS) is 16.8. The second kappa shape index (κ2) is 14.8. The zero-order valence-corrected chi connectivity index (χ0v) is 27.7. The molecule has 1 aliphatic carbocycles. The van der Waals surface area contributed by atoms with Crippen LogP contribution < -0.4 is 15.5 Å². The average Bonchev–Trinajstić information content (AvgIpc) is 3.61. The lowest BCUT2D eigenvalue weighted by Crippen LogP contribution is -2.57. The minimum absolute atomic E-state index is 0.211. The number of hydrogen-bond donors (Lipinski definition) is 2. The van der Waals surface area contributed by atoms with Crippen molar-refractivity contribution in [2.75, 3.05) is 43.5 Å². The maximum atomic E-state index is 13.9. The van der Waals surface area contributed by atoms with Crippen LogP contribution in [-0.2, 0) is 20.5 Å². The fourth-order valence-corrected chi connectivity index (χ4v) is 6.99. The van der Waals surface area contributed by atoms with E-state index < -0.39 is 29.3 Å². The van der Waals surface area contributed by atoms with Crippen molar-refractivity contribution in [1.29, 1.82) is 0 Å². The van der Waals surface area contributed by atoms with Crippen LogP contribution in [0.2, 0.25) is 0 Å². The van der Waals surface area contributed by atoms with Crippen LogP contribution in [0.5, 0.6) is 0 Å². The molecule has 0 bridgehead atoms. The Bertz CT molecular complexity index is 1800. The fourth-order valence-electron chi connectivity index (χ4n) is 6.99. The summed E-state index contributed by atoms with van der Waals surface area (Å²) in [5.74, 6) is -0.987. The van der Waals surface area contributed by atoms with E-state index in [1.165, 1.54) is 19.2 Å².